The van der Waals surface area contributed by atoms with Crippen LogP contribution in [-0.2, 0) is 17.6 Å². The number of aryl methyl sites for hydroxylation is 1. The van der Waals surface area contributed by atoms with Gasteiger partial charge in [-0.2, -0.15) is 0 Å². The average molecular weight is 587 g/mol. The molecule has 0 unspecified atom stereocenters. The van der Waals surface area contributed by atoms with Gasteiger partial charge in [0.05, 0.1) is 36.3 Å². The van der Waals surface area contributed by atoms with Gasteiger partial charge in [-0.3, -0.25) is 9.59 Å². The molecule has 0 bridgehead atoms. The van der Waals surface area contributed by atoms with Crippen LogP contribution in [-0.4, -0.2) is 36.7 Å². The third kappa shape index (κ3) is 7.25. The molecule has 0 aliphatic carbocycles. The number of carbonyl (C=O) groups excluding carboxylic acids is 2. The van der Waals surface area contributed by atoms with Crippen molar-refractivity contribution in [2.45, 2.75) is 59.8 Å². The molecule has 0 amide bonds. The van der Waals surface area contributed by atoms with E-state index >= 15 is 0 Å². The maximum atomic E-state index is 13.1. The van der Waals surface area contributed by atoms with Crippen LogP contribution in [0.25, 0.3) is 22.3 Å². The first-order chi connectivity index (χ1) is 20.8. The highest BCUT2D eigenvalue weighted by Gasteiger charge is 2.17. The van der Waals surface area contributed by atoms with Crippen LogP contribution in [0.15, 0.2) is 63.8 Å². The van der Waals surface area contributed by atoms with Crippen molar-refractivity contribution < 1.29 is 33.3 Å². The summed E-state index contributed by atoms with van der Waals surface area (Å²) in [4.78, 5) is 36.9. The molecule has 8 heteroatoms. The first-order valence-corrected chi connectivity index (χ1v) is 14.8. The van der Waals surface area contributed by atoms with Gasteiger partial charge in [0, 0.05) is 29.2 Å². The Morgan fingerprint density at radius 3 is 2.09 bits per heavy atom. The molecule has 0 aliphatic heterocycles. The lowest BCUT2D eigenvalue weighted by atomic mass is 10.0. The van der Waals surface area contributed by atoms with Crippen LogP contribution in [0.3, 0.4) is 0 Å². The molecule has 0 spiro atoms. The Labute approximate surface area is 251 Å². The van der Waals surface area contributed by atoms with E-state index in [0.29, 0.717) is 83.0 Å². The molecular formula is C35H38O8. The van der Waals surface area contributed by atoms with Gasteiger partial charge in [0.15, 0.2) is 11.2 Å². The van der Waals surface area contributed by atoms with Crippen LogP contribution < -0.4 is 14.9 Å². The molecule has 4 rings (SSSR count). The molecule has 1 aromatic heterocycles. The Morgan fingerprint density at radius 1 is 0.837 bits per heavy atom. The Morgan fingerprint density at radius 2 is 1.47 bits per heavy atom. The number of aromatic hydroxyl groups is 1. The summed E-state index contributed by atoms with van der Waals surface area (Å²) in [7, 11) is 0. The first-order valence-electron chi connectivity index (χ1n) is 14.8. The number of rotatable bonds is 14. The van der Waals surface area contributed by atoms with E-state index in [9.17, 15) is 19.5 Å². The Kier molecular flexibility index (Phi) is 10.6. The number of esters is 1. The molecule has 0 fully saturated rings. The van der Waals surface area contributed by atoms with E-state index in [1.807, 2.05) is 13.8 Å². The van der Waals surface area contributed by atoms with E-state index in [1.54, 1.807) is 55.5 Å². The minimum atomic E-state index is -0.406. The highest BCUT2D eigenvalue weighted by atomic mass is 16.5. The summed E-state index contributed by atoms with van der Waals surface area (Å²) in [6, 6.07) is 15.1. The lowest BCUT2D eigenvalue weighted by Gasteiger charge is -2.16. The van der Waals surface area contributed by atoms with E-state index in [-0.39, 0.29) is 23.6 Å². The second kappa shape index (κ2) is 14.5. The number of ether oxygens (including phenoxy) is 3. The predicted octanol–water partition coefficient (Wildman–Crippen LogP) is 7.30. The molecule has 4 aromatic rings. The van der Waals surface area contributed by atoms with Crippen LogP contribution in [0.2, 0.25) is 0 Å². The molecule has 1 heterocycles. The summed E-state index contributed by atoms with van der Waals surface area (Å²) in [5.41, 5.74) is 3.16. The molecule has 1 N–H and O–H groups in total. The first kappa shape index (κ1) is 31.3. The van der Waals surface area contributed by atoms with Gasteiger partial charge in [-0.1, -0.05) is 38.8 Å². The van der Waals surface area contributed by atoms with Gasteiger partial charge in [0.2, 0.25) is 0 Å². The second-order valence-electron chi connectivity index (χ2n) is 10.2. The largest absolute Gasteiger partial charge is 0.507 e. The monoisotopic (exact) mass is 586 g/mol. The van der Waals surface area contributed by atoms with Crippen molar-refractivity contribution in [3.05, 3.63) is 87.1 Å². The SMILES string of the molecule is CCCc1c(OCCCOc2ccc3c(=O)cc(-c4ccc(C(=O)OCC)cc4)oc3c2CCC)ccc(C(C)=O)c1O. The van der Waals surface area contributed by atoms with Gasteiger partial charge < -0.3 is 23.7 Å². The van der Waals surface area contributed by atoms with E-state index in [4.69, 9.17) is 18.6 Å². The van der Waals surface area contributed by atoms with Crippen LogP contribution >= 0.6 is 0 Å². The predicted molar refractivity (Wildman–Crippen MR) is 166 cm³/mol. The summed E-state index contributed by atoms with van der Waals surface area (Å²) in [5.74, 6) is 0.991. The summed E-state index contributed by atoms with van der Waals surface area (Å²) < 4.78 is 23.5. The van der Waals surface area contributed by atoms with E-state index in [1.165, 1.54) is 13.0 Å². The van der Waals surface area contributed by atoms with Crippen molar-refractivity contribution >= 4 is 22.7 Å². The number of hydrogen-bond donors (Lipinski definition) is 1. The molecular weight excluding hydrogens is 548 g/mol. The molecule has 8 nitrogen and oxygen atoms in total. The molecule has 0 atom stereocenters. The normalized spacial score (nSPS) is 11.0. The third-order valence-electron chi connectivity index (χ3n) is 7.06. The second-order valence-corrected chi connectivity index (χ2v) is 10.2. The molecule has 0 saturated heterocycles. The number of carbonyl (C=O) groups is 2. The summed E-state index contributed by atoms with van der Waals surface area (Å²) in [6.07, 6.45) is 3.44. The van der Waals surface area contributed by atoms with E-state index in [2.05, 4.69) is 0 Å². The van der Waals surface area contributed by atoms with Gasteiger partial charge in [-0.15, -0.1) is 0 Å². The Balaban J connectivity index is 1.51. The van der Waals surface area contributed by atoms with E-state index < -0.39 is 5.97 Å². The molecule has 0 saturated carbocycles. The van der Waals surface area contributed by atoms with Gasteiger partial charge in [-0.05, 0) is 63.1 Å². The lowest BCUT2D eigenvalue weighted by molar-refractivity contribution is 0.0526. The quantitative estimate of drug-likeness (QED) is 0.0931. The molecule has 226 valence electrons. The number of phenols is 1. The number of phenolic OH excluding ortho intramolecular Hbond substituents is 1. The topological polar surface area (TPSA) is 112 Å². The van der Waals surface area contributed by atoms with E-state index in [0.717, 1.165) is 18.4 Å². The maximum absolute atomic E-state index is 13.1. The van der Waals surface area contributed by atoms with Crippen molar-refractivity contribution in [1.82, 2.24) is 0 Å². The minimum Gasteiger partial charge on any atom is -0.507 e. The molecule has 3 aromatic carbocycles. The van der Waals surface area contributed by atoms with Gasteiger partial charge in [0.25, 0.3) is 0 Å². The molecule has 43 heavy (non-hydrogen) atoms. The van der Waals surface area contributed by atoms with Gasteiger partial charge in [0.1, 0.15) is 28.6 Å². The summed E-state index contributed by atoms with van der Waals surface area (Å²) >= 11 is 0. The van der Waals surface area contributed by atoms with Crippen molar-refractivity contribution in [1.29, 1.82) is 0 Å². The zero-order chi connectivity index (χ0) is 30.9. The van der Waals surface area contributed by atoms with Crippen LogP contribution in [0.1, 0.15) is 78.8 Å². The number of fused-ring (bicyclic) bond motifs is 1. The van der Waals surface area contributed by atoms with Crippen molar-refractivity contribution in [2.24, 2.45) is 0 Å². The lowest BCUT2D eigenvalue weighted by Crippen LogP contribution is -2.09. The zero-order valence-corrected chi connectivity index (χ0v) is 25.2. The number of ketones is 1. The fraction of sp³-hybridized carbons (Fsp3) is 0.343. The highest BCUT2D eigenvalue weighted by molar-refractivity contribution is 5.97. The Bertz CT molecular complexity index is 1650. The fourth-order valence-corrected chi connectivity index (χ4v) is 4.96. The molecule has 0 aliphatic rings. The van der Waals surface area contributed by atoms with Crippen molar-refractivity contribution in [3.8, 4) is 28.6 Å². The number of Topliss-reactive ketones (excluding diaryl/α,β-unsaturated/α-hetero) is 1. The van der Waals surface area contributed by atoms with Crippen LogP contribution in [0.5, 0.6) is 17.2 Å². The van der Waals surface area contributed by atoms with Crippen LogP contribution in [0.4, 0.5) is 0 Å². The number of benzene rings is 3. The van der Waals surface area contributed by atoms with Crippen molar-refractivity contribution in [2.75, 3.05) is 19.8 Å². The molecule has 0 radical (unpaired) electrons. The maximum Gasteiger partial charge on any atom is 0.338 e. The summed E-state index contributed by atoms with van der Waals surface area (Å²) in [6.45, 7) is 8.24. The van der Waals surface area contributed by atoms with Gasteiger partial charge >= 0.3 is 5.97 Å². The Hall–Kier alpha value is -4.59. The average Bonchev–Trinajstić information content (AvgIpc) is 2.99. The number of hydrogen-bond acceptors (Lipinski definition) is 8. The highest BCUT2D eigenvalue weighted by Crippen LogP contribution is 2.34. The smallest absolute Gasteiger partial charge is 0.338 e. The standard InChI is InChI=1S/C35H38O8/c1-5-9-27-30(17-15-25(22(4)36)33(27)38)41-19-8-20-42-31-18-16-26-29(37)21-32(43-34(26)28(31)10-6-2)23-11-13-24(14-12-23)35(39)40-7-3/h11-18,21,38H,5-10,19-20H2,1-4H3. The third-order valence-corrected chi connectivity index (χ3v) is 7.06. The van der Waals surface area contributed by atoms with Crippen molar-refractivity contribution in [3.63, 3.8) is 0 Å². The fourth-order valence-electron chi connectivity index (χ4n) is 4.96. The summed E-state index contributed by atoms with van der Waals surface area (Å²) in [5, 5.41) is 11.1. The van der Waals surface area contributed by atoms with Crippen LogP contribution in [0, 0.1) is 0 Å². The zero-order valence-electron chi connectivity index (χ0n) is 25.2. The van der Waals surface area contributed by atoms with Gasteiger partial charge in [-0.25, -0.2) is 4.79 Å². The minimum absolute atomic E-state index is 0.0146.